The quantitative estimate of drug-likeness (QED) is 0.715. The summed E-state index contributed by atoms with van der Waals surface area (Å²) in [5.41, 5.74) is 1.87. The van der Waals surface area contributed by atoms with Crippen LogP contribution in [0.2, 0.25) is 0 Å². The molecule has 1 aliphatic heterocycles. The Bertz CT molecular complexity index is 504. The summed E-state index contributed by atoms with van der Waals surface area (Å²) in [5.74, 6) is 0.778. The second-order valence-electron chi connectivity index (χ2n) is 3.92. The largest absolute Gasteiger partial charge is 0.461 e. The molecule has 0 spiro atoms. The smallest absolute Gasteiger partial charge is 0.137 e. The number of hydrogen-bond donors (Lipinski definition) is 1. The predicted octanol–water partition coefficient (Wildman–Crippen LogP) is 2.61. The Morgan fingerprint density at radius 1 is 1.33 bits per heavy atom. The summed E-state index contributed by atoms with van der Waals surface area (Å²) >= 11 is 0. The van der Waals surface area contributed by atoms with Gasteiger partial charge in [-0.05, 0) is 25.1 Å². The minimum absolute atomic E-state index is 0.237. The number of halogens is 1. The summed E-state index contributed by atoms with van der Waals surface area (Å²) in [5, 5.41) is 4.38. The van der Waals surface area contributed by atoms with Crippen LogP contribution in [0.4, 0.5) is 4.39 Å². The van der Waals surface area contributed by atoms with E-state index in [1.54, 1.807) is 6.07 Å². The van der Waals surface area contributed by atoms with Crippen molar-refractivity contribution in [3.8, 4) is 0 Å². The first kappa shape index (κ1) is 8.92. The molecule has 1 aromatic carbocycles. The van der Waals surface area contributed by atoms with Crippen LogP contribution in [0.1, 0.15) is 17.7 Å². The maximum absolute atomic E-state index is 13.0. The second-order valence-corrected chi connectivity index (χ2v) is 3.92. The molecule has 2 heterocycles. The second kappa shape index (κ2) is 3.35. The van der Waals surface area contributed by atoms with E-state index in [0.29, 0.717) is 5.58 Å². The van der Waals surface area contributed by atoms with Crippen molar-refractivity contribution in [1.82, 2.24) is 5.32 Å². The van der Waals surface area contributed by atoms with Crippen LogP contribution in [-0.4, -0.2) is 6.54 Å². The maximum Gasteiger partial charge on any atom is 0.137 e. The molecule has 1 aliphatic rings. The number of fused-ring (bicyclic) bond motifs is 3. The molecule has 78 valence electrons. The van der Waals surface area contributed by atoms with E-state index < -0.39 is 0 Å². The highest BCUT2D eigenvalue weighted by molar-refractivity contribution is 5.82. The lowest BCUT2D eigenvalue weighted by atomic mass is 10.1. The van der Waals surface area contributed by atoms with Gasteiger partial charge in [-0.25, -0.2) is 4.39 Å². The van der Waals surface area contributed by atoms with E-state index in [-0.39, 0.29) is 5.82 Å². The monoisotopic (exact) mass is 205 g/mol. The SMILES string of the molecule is Fc1ccc2c3c(oc2c1)CCCNC3. The molecule has 2 nitrogen and oxygen atoms in total. The molecule has 0 aliphatic carbocycles. The van der Waals surface area contributed by atoms with E-state index in [2.05, 4.69) is 5.32 Å². The van der Waals surface area contributed by atoms with Gasteiger partial charge >= 0.3 is 0 Å². The van der Waals surface area contributed by atoms with Crippen molar-refractivity contribution in [2.45, 2.75) is 19.4 Å². The molecule has 0 radical (unpaired) electrons. The molecule has 0 unspecified atom stereocenters. The predicted molar refractivity (Wildman–Crippen MR) is 56.2 cm³/mol. The fraction of sp³-hybridized carbons (Fsp3) is 0.333. The van der Waals surface area contributed by atoms with Crippen LogP contribution in [0.3, 0.4) is 0 Å². The number of nitrogens with one attached hydrogen (secondary N) is 1. The van der Waals surface area contributed by atoms with Crippen molar-refractivity contribution in [3.63, 3.8) is 0 Å². The molecular weight excluding hydrogens is 193 g/mol. The zero-order valence-electron chi connectivity index (χ0n) is 8.35. The highest BCUT2D eigenvalue weighted by atomic mass is 19.1. The first-order valence-electron chi connectivity index (χ1n) is 5.25. The van der Waals surface area contributed by atoms with Gasteiger partial charge in [0.1, 0.15) is 17.2 Å². The molecule has 0 saturated heterocycles. The van der Waals surface area contributed by atoms with Crippen LogP contribution < -0.4 is 5.32 Å². The molecule has 1 aromatic heterocycles. The van der Waals surface area contributed by atoms with Crippen LogP contribution in [0.15, 0.2) is 22.6 Å². The lowest BCUT2D eigenvalue weighted by Crippen LogP contribution is -2.11. The summed E-state index contributed by atoms with van der Waals surface area (Å²) in [7, 11) is 0. The lowest BCUT2D eigenvalue weighted by molar-refractivity contribution is 0.537. The normalized spacial score (nSPS) is 16.3. The van der Waals surface area contributed by atoms with E-state index >= 15 is 0 Å². The van der Waals surface area contributed by atoms with Gasteiger partial charge in [0, 0.05) is 30.0 Å². The van der Waals surface area contributed by atoms with Gasteiger partial charge in [0.15, 0.2) is 0 Å². The molecule has 0 saturated carbocycles. The summed E-state index contributed by atoms with van der Waals surface area (Å²) in [6, 6.07) is 4.76. The van der Waals surface area contributed by atoms with E-state index in [1.165, 1.54) is 17.7 Å². The highest BCUT2D eigenvalue weighted by Crippen LogP contribution is 2.28. The molecule has 0 atom stereocenters. The van der Waals surface area contributed by atoms with Gasteiger partial charge in [-0.15, -0.1) is 0 Å². The first-order valence-corrected chi connectivity index (χ1v) is 5.25. The van der Waals surface area contributed by atoms with Crippen molar-refractivity contribution in [1.29, 1.82) is 0 Å². The van der Waals surface area contributed by atoms with Crippen LogP contribution >= 0.6 is 0 Å². The third kappa shape index (κ3) is 1.43. The molecule has 0 amide bonds. The van der Waals surface area contributed by atoms with E-state index in [9.17, 15) is 4.39 Å². The third-order valence-electron chi connectivity index (χ3n) is 2.90. The Labute approximate surface area is 87.1 Å². The van der Waals surface area contributed by atoms with Gasteiger partial charge in [-0.1, -0.05) is 0 Å². The average molecular weight is 205 g/mol. The van der Waals surface area contributed by atoms with Gasteiger partial charge in [-0.3, -0.25) is 0 Å². The van der Waals surface area contributed by atoms with Crippen molar-refractivity contribution in [2.24, 2.45) is 0 Å². The molecular formula is C12H12FNO. The van der Waals surface area contributed by atoms with Crippen LogP contribution in [0.5, 0.6) is 0 Å². The molecule has 3 heteroatoms. The van der Waals surface area contributed by atoms with Gasteiger partial charge in [0.05, 0.1) is 0 Å². The van der Waals surface area contributed by atoms with Crippen molar-refractivity contribution >= 4 is 11.0 Å². The summed E-state index contributed by atoms with van der Waals surface area (Å²) in [6.45, 7) is 1.85. The van der Waals surface area contributed by atoms with Crippen molar-refractivity contribution in [3.05, 3.63) is 35.3 Å². The van der Waals surface area contributed by atoms with E-state index in [1.807, 2.05) is 0 Å². The van der Waals surface area contributed by atoms with Crippen LogP contribution in [-0.2, 0) is 13.0 Å². The molecule has 0 fully saturated rings. The van der Waals surface area contributed by atoms with Crippen molar-refractivity contribution < 1.29 is 8.81 Å². The number of benzene rings is 1. The fourth-order valence-electron chi connectivity index (χ4n) is 2.16. The number of hydrogen-bond acceptors (Lipinski definition) is 2. The number of rotatable bonds is 0. The Hall–Kier alpha value is -1.35. The standard InChI is InChI=1S/C12H12FNO/c13-8-3-4-9-10-7-14-5-1-2-11(10)15-12(9)6-8/h3-4,6,14H,1-2,5,7H2. The highest BCUT2D eigenvalue weighted by Gasteiger charge is 2.16. The first-order chi connectivity index (χ1) is 7.34. The fourth-order valence-corrected chi connectivity index (χ4v) is 2.16. The molecule has 1 N–H and O–H groups in total. The maximum atomic E-state index is 13.0. The molecule has 0 bridgehead atoms. The Morgan fingerprint density at radius 2 is 2.27 bits per heavy atom. The van der Waals surface area contributed by atoms with Crippen molar-refractivity contribution in [2.75, 3.05) is 6.54 Å². The summed E-state index contributed by atoms with van der Waals surface area (Å²) < 4.78 is 18.7. The zero-order chi connectivity index (χ0) is 10.3. The minimum atomic E-state index is -0.237. The average Bonchev–Trinajstić information content (AvgIpc) is 2.42. The summed E-state index contributed by atoms with van der Waals surface area (Å²) in [6.07, 6.45) is 2.02. The van der Waals surface area contributed by atoms with E-state index in [4.69, 9.17) is 4.42 Å². The molecule has 3 rings (SSSR count). The molecule has 2 aromatic rings. The Kier molecular flexibility index (Phi) is 1.99. The zero-order valence-corrected chi connectivity index (χ0v) is 8.35. The number of furan rings is 1. The van der Waals surface area contributed by atoms with Crippen LogP contribution in [0, 0.1) is 5.82 Å². The van der Waals surface area contributed by atoms with Gasteiger partial charge in [0.25, 0.3) is 0 Å². The van der Waals surface area contributed by atoms with Gasteiger partial charge in [-0.2, -0.15) is 0 Å². The third-order valence-corrected chi connectivity index (χ3v) is 2.90. The van der Waals surface area contributed by atoms with Gasteiger partial charge in [0.2, 0.25) is 0 Å². The Morgan fingerprint density at radius 3 is 3.20 bits per heavy atom. The van der Waals surface area contributed by atoms with Gasteiger partial charge < -0.3 is 9.73 Å². The summed E-state index contributed by atoms with van der Waals surface area (Å²) in [4.78, 5) is 0. The Balaban J connectivity index is 2.23. The topological polar surface area (TPSA) is 25.2 Å². The van der Waals surface area contributed by atoms with E-state index in [0.717, 1.165) is 37.1 Å². The lowest BCUT2D eigenvalue weighted by Gasteiger charge is -1.97. The molecule has 15 heavy (non-hydrogen) atoms. The van der Waals surface area contributed by atoms with Crippen LogP contribution in [0.25, 0.3) is 11.0 Å². The minimum Gasteiger partial charge on any atom is -0.461 e. The number of aryl methyl sites for hydroxylation is 1.